The lowest BCUT2D eigenvalue weighted by atomic mass is 9.84. The average molecular weight is 554 g/mol. The SMILES string of the molecule is Cc1ccc(OCc2ccc(C3CCCCC3)cc2)c(-c2csc(CCNC(Cc3ccccc3)C(=O)O)c2)c1. The van der Waals surface area contributed by atoms with Crippen LogP contribution in [0.2, 0.25) is 0 Å². The van der Waals surface area contributed by atoms with E-state index in [2.05, 4.69) is 66.2 Å². The van der Waals surface area contributed by atoms with Crippen molar-refractivity contribution in [3.8, 4) is 16.9 Å². The summed E-state index contributed by atoms with van der Waals surface area (Å²) in [5.74, 6) is 0.786. The van der Waals surface area contributed by atoms with Crippen molar-refractivity contribution in [1.82, 2.24) is 5.32 Å². The van der Waals surface area contributed by atoms with E-state index in [1.165, 1.54) is 53.7 Å². The number of carboxylic acids is 1. The van der Waals surface area contributed by atoms with E-state index in [1.54, 1.807) is 11.3 Å². The lowest BCUT2D eigenvalue weighted by Gasteiger charge is -2.22. The zero-order valence-corrected chi connectivity index (χ0v) is 24.1. The van der Waals surface area contributed by atoms with E-state index in [9.17, 15) is 9.90 Å². The van der Waals surface area contributed by atoms with Gasteiger partial charge in [-0.05, 0) is 84.4 Å². The molecule has 0 radical (unpaired) electrons. The number of carbonyl (C=O) groups is 1. The van der Waals surface area contributed by atoms with E-state index in [4.69, 9.17) is 4.74 Å². The Bertz CT molecular complexity index is 1370. The van der Waals surface area contributed by atoms with Crippen LogP contribution in [-0.4, -0.2) is 23.7 Å². The molecule has 5 rings (SSSR count). The lowest BCUT2D eigenvalue weighted by Crippen LogP contribution is -2.39. The molecular formula is C35H39NO3S. The van der Waals surface area contributed by atoms with Crippen LogP contribution in [0, 0.1) is 6.92 Å². The minimum Gasteiger partial charge on any atom is -0.488 e. The molecule has 0 aliphatic heterocycles. The van der Waals surface area contributed by atoms with Crippen LogP contribution in [0.5, 0.6) is 5.75 Å². The highest BCUT2D eigenvalue weighted by atomic mass is 32.1. The minimum absolute atomic E-state index is 0.471. The molecule has 3 aromatic carbocycles. The van der Waals surface area contributed by atoms with Gasteiger partial charge in [-0.2, -0.15) is 0 Å². The highest BCUT2D eigenvalue weighted by Gasteiger charge is 2.18. The second-order valence-electron chi connectivity index (χ2n) is 11.0. The van der Waals surface area contributed by atoms with Crippen molar-refractivity contribution in [3.05, 3.63) is 111 Å². The van der Waals surface area contributed by atoms with Crippen molar-refractivity contribution in [2.75, 3.05) is 6.54 Å². The lowest BCUT2D eigenvalue weighted by molar-refractivity contribution is -0.139. The normalized spacial score (nSPS) is 14.6. The molecule has 5 heteroatoms. The van der Waals surface area contributed by atoms with Gasteiger partial charge in [0.2, 0.25) is 0 Å². The van der Waals surface area contributed by atoms with Crippen LogP contribution in [0.1, 0.15) is 65.2 Å². The first-order valence-corrected chi connectivity index (χ1v) is 15.3. The molecule has 1 atom stereocenters. The third-order valence-corrected chi connectivity index (χ3v) is 8.89. The van der Waals surface area contributed by atoms with Gasteiger partial charge in [0.1, 0.15) is 18.4 Å². The molecule has 0 amide bonds. The Morgan fingerprint density at radius 2 is 1.75 bits per heavy atom. The summed E-state index contributed by atoms with van der Waals surface area (Å²) < 4.78 is 6.35. The summed E-state index contributed by atoms with van der Waals surface area (Å²) >= 11 is 1.71. The molecule has 4 nitrogen and oxygen atoms in total. The summed E-state index contributed by atoms with van der Waals surface area (Å²) in [4.78, 5) is 13.0. The fourth-order valence-electron chi connectivity index (χ4n) is 5.60. The van der Waals surface area contributed by atoms with Crippen LogP contribution >= 0.6 is 11.3 Å². The number of benzene rings is 3. The number of hydrogen-bond acceptors (Lipinski definition) is 4. The molecule has 1 unspecified atom stereocenters. The molecular weight excluding hydrogens is 514 g/mol. The Hall–Kier alpha value is -3.41. The molecule has 4 aromatic rings. The topological polar surface area (TPSA) is 58.6 Å². The number of ether oxygens (including phenoxy) is 1. The number of aliphatic carboxylic acids is 1. The molecule has 0 bridgehead atoms. The Balaban J connectivity index is 1.19. The van der Waals surface area contributed by atoms with E-state index < -0.39 is 12.0 Å². The largest absolute Gasteiger partial charge is 0.488 e. The molecule has 1 aliphatic carbocycles. The van der Waals surface area contributed by atoms with Crippen LogP contribution < -0.4 is 10.1 Å². The number of aryl methyl sites for hydroxylation is 1. The molecule has 0 spiro atoms. The third kappa shape index (κ3) is 7.61. The maximum atomic E-state index is 11.8. The average Bonchev–Trinajstić information content (AvgIpc) is 3.46. The van der Waals surface area contributed by atoms with Crippen LogP contribution in [0.25, 0.3) is 11.1 Å². The summed E-state index contributed by atoms with van der Waals surface area (Å²) in [5.41, 5.74) is 7.11. The summed E-state index contributed by atoms with van der Waals surface area (Å²) in [7, 11) is 0. The third-order valence-electron chi connectivity index (χ3n) is 7.89. The molecule has 1 heterocycles. The first-order chi connectivity index (χ1) is 19.5. The molecule has 208 valence electrons. The molecule has 40 heavy (non-hydrogen) atoms. The van der Waals surface area contributed by atoms with E-state index in [-0.39, 0.29) is 0 Å². The van der Waals surface area contributed by atoms with Crippen LogP contribution in [-0.2, 0) is 24.2 Å². The Morgan fingerprint density at radius 1 is 0.975 bits per heavy atom. The van der Waals surface area contributed by atoms with Gasteiger partial charge in [0.05, 0.1) is 0 Å². The quantitative estimate of drug-likeness (QED) is 0.186. The molecule has 2 N–H and O–H groups in total. The first kappa shape index (κ1) is 28.1. The fourth-order valence-corrected chi connectivity index (χ4v) is 6.49. The van der Waals surface area contributed by atoms with E-state index in [0.717, 1.165) is 28.9 Å². The first-order valence-electron chi connectivity index (χ1n) is 14.5. The Morgan fingerprint density at radius 3 is 2.50 bits per heavy atom. The predicted molar refractivity (Wildman–Crippen MR) is 164 cm³/mol. The van der Waals surface area contributed by atoms with Crippen molar-refractivity contribution < 1.29 is 14.6 Å². The fraction of sp³-hybridized carbons (Fsp3) is 0.343. The predicted octanol–water partition coefficient (Wildman–Crippen LogP) is 8.18. The molecule has 0 saturated heterocycles. The van der Waals surface area contributed by atoms with Crippen LogP contribution in [0.3, 0.4) is 0 Å². The minimum atomic E-state index is -0.819. The molecule has 1 fully saturated rings. The number of carboxylic acid groups (broad SMARTS) is 1. The molecule has 1 saturated carbocycles. The van der Waals surface area contributed by atoms with Gasteiger partial charge in [0.15, 0.2) is 0 Å². The van der Waals surface area contributed by atoms with Gasteiger partial charge in [-0.1, -0.05) is 85.5 Å². The zero-order valence-electron chi connectivity index (χ0n) is 23.3. The summed E-state index contributed by atoms with van der Waals surface area (Å²) in [5, 5.41) is 15.1. The van der Waals surface area contributed by atoms with Gasteiger partial charge >= 0.3 is 5.97 Å². The number of hydrogen-bond donors (Lipinski definition) is 2. The second-order valence-corrected chi connectivity index (χ2v) is 11.9. The van der Waals surface area contributed by atoms with Gasteiger partial charge in [-0.3, -0.25) is 4.79 Å². The maximum absolute atomic E-state index is 11.8. The van der Waals surface area contributed by atoms with E-state index in [0.29, 0.717) is 25.5 Å². The Kier molecular flexibility index (Phi) is 9.69. The summed E-state index contributed by atoms with van der Waals surface area (Å²) in [6, 6.07) is 26.7. The number of rotatable bonds is 12. The Labute approximate surface area is 242 Å². The van der Waals surface area contributed by atoms with Crippen molar-refractivity contribution in [1.29, 1.82) is 0 Å². The molecule has 1 aromatic heterocycles. The van der Waals surface area contributed by atoms with Crippen molar-refractivity contribution in [2.45, 2.75) is 70.4 Å². The number of nitrogens with one attached hydrogen (secondary N) is 1. The highest BCUT2D eigenvalue weighted by molar-refractivity contribution is 7.10. The summed E-state index contributed by atoms with van der Waals surface area (Å²) in [6.45, 7) is 3.25. The van der Waals surface area contributed by atoms with E-state index >= 15 is 0 Å². The highest BCUT2D eigenvalue weighted by Crippen LogP contribution is 2.35. The molecule has 1 aliphatic rings. The van der Waals surface area contributed by atoms with Crippen molar-refractivity contribution in [2.24, 2.45) is 0 Å². The van der Waals surface area contributed by atoms with Crippen LogP contribution in [0.15, 0.2) is 84.2 Å². The zero-order chi connectivity index (χ0) is 27.7. The monoisotopic (exact) mass is 553 g/mol. The standard InChI is InChI=1S/C35H39NO3S/c1-25-12-17-34(39-23-27-13-15-29(16-14-27)28-10-6-3-7-11-28)32(20-25)30-22-31(40-24-30)18-19-36-33(35(37)38)21-26-8-4-2-5-9-26/h2,4-5,8-9,12-17,20,22,24,28,33,36H,3,6-7,10-11,18-19,21,23H2,1H3,(H,37,38). The smallest absolute Gasteiger partial charge is 0.321 e. The van der Waals surface area contributed by atoms with E-state index in [1.807, 2.05) is 30.3 Å². The van der Waals surface area contributed by atoms with Gasteiger partial charge in [-0.25, -0.2) is 0 Å². The number of thiophene rings is 1. The van der Waals surface area contributed by atoms with Crippen molar-refractivity contribution in [3.63, 3.8) is 0 Å². The van der Waals surface area contributed by atoms with Gasteiger partial charge in [0, 0.05) is 17.0 Å². The van der Waals surface area contributed by atoms with Gasteiger partial charge in [0.25, 0.3) is 0 Å². The summed E-state index contributed by atoms with van der Waals surface area (Å²) in [6.07, 6.45) is 7.96. The second kappa shape index (κ2) is 13.8. The van der Waals surface area contributed by atoms with Gasteiger partial charge < -0.3 is 15.2 Å². The van der Waals surface area contributed by atoms with Crippen LogP contribution in [0.4, 0.5) is 0 Å². The maximum Gasteiger partial charge on any atom is 0.321 e. The van der Waals surface area contributed by atoms with Gasteiger partial charge in [-0.15, -0.1) is 11.3 Å². The van der Waals surface area contributed by atoms with Crippen molar-refractivity contribution >= 4 is 17.3 Å².